The van der Waals surface area contributed by atoms with Crippen LogP contribution in [-0.4, -0.2) is 53.4 Å². The number of carbonyl (C=O) groups excluding carboxylic acids is 1. The Kier molecular flexibility index (Phi) is 4.75. The Hall–Kier alpha value is -1.71. The van der Waals surface area contributed by atoms with E-state index in [1.54, 1.807) is 17.7 Å². The number of rotatable bonds is 5. The summed E-state index contributed by atoms with van der Waals surface area (Å²) in [4.78, 5) is 13.2. The largest absolute Gasteiger partial charge is 0.394 e. The highest BCUT2D eigenvalue weighted by Crippen LogP contribution is 2.32. The summed E-state index contributed by atoms with van der Waals surface area (Å²) in [5.74, 6) is -0.194. The Morgan fingerprint density at radius 3 is 2.96 bits per heavy atom. The normalized spacial score (nSPS) is 20.8. The highest BCUT2D eigenvalue weighted by Gasteiger charge is 2.32. The van der Waals surface area contributed by atoms with Crippen molar-refractivity contribution in [2.24, 2.45) is 0 Å². The number of hydrogen-bond acceptors (Lipinski definition) is 6. The summed E-state index contributed by atoms with van der Waals surface area (Å²) in [6.07, 6.45) is 0.497. The van der Waals surface area contributed by atoms with Crippen LogP contribution in [0.5, 0.6) is 0 Å². The number of sulfone groups is 1. The van der Waals surface area contributed by atoms with Gasteiger partial charge in [0.05, 0.1) is 34.7 Å². The van der Waals surface area contributed by atoms with Crippen molar-refractivity contribution in [3.63, 3.8) is 0 Å². The van der Waals surface area contributed by atoms with Gasteiger partial charge in [0, 0.05) is 6.04 Å². The Morgan fingerprint density at radius 2 is 2.38 bits per heavy atom. The van der Waals surface area contributed by atoms with E-state index in [-0.39, 0.29) is 41.8 Å². The van der Waals surface area contributed by atoms with Crippen molar-refractivity contribution >= 4 is 27.1 Å². The summed E-state index contributed by atoms with van der Waals surface area (Å²) in [6.45, 7) is 1.53. The van der Waals surface area contributed by atoms with Crippen molar-refractivity contribution in [2.45, 2.75) is 25.4 Å². The molecule has 0 aromatic carbocycles. The molecule has 0 spiro atoms. The molecule has 0 aliphatic carbocycles. The van der Waals surface area contributed by atoms with Gasteiger partial charge in [-0.1, -0.05) is 6.07 Å². The smallest absolute Gasteiger partial charge is 0.272 e. The first-order valence-electron chi connectivity index (χ1n) is 7.65. The standard InChI is InChI=1S/C15H19N3O4S2/c1-10(8-19)16-15(20)12-7-13(14-3-2-5-23-14)18(17-12)11-4-6-24(21,22)9-11/h2-3,5,7,10-11,19H,4,6,8-9H2,1H3,(H,16,20)/t10-,11?/m0/s1. The van der Waals surface area contributed by atoms with Crippen molar-refractivity contribution in [2.75, 3.05) is 18.1 Å². The van der Waals surface area contributed by atoms with Gasteiger partial charge in [-0.3, -0.25) is 9.48 Å². The molecule has 3 rings (SSSR count). The fraction of sp³-hybridized carbons (Fsp3) is 0.467. The topological polar surface area (TPSA) is 101 Å². The number of nitrogens with zero attached hydrogens (tertiary/aromatic N) is 2. The average Bonchev–Trinajstić information content (AvgIpc) is 3.24. The van der Waals surface area contributed by atoms with E-state index in [9.17, 15) is 13.2 Å². The van der Waals surface area contributed by atoms with Crippen molar-refractivity contribution in [1.82, 2.24) is 15.1 Å². The van der Waals surface area contributed by atoms with E-state index in [0.717, 1.165) is 10.6 Å². The quantitative estimate of drug-likeness (QED) is 0.821. The first-order valence-corrected chi connectivity index (χ1v) is 10.4. The van der Waals surface area contributed by atoms with Crippen molar-refractivity contribution < 1.29 is 18.3 Å². The number of carbonyl (C=O) groups is 1. The van der Waals surface area contributed by atoms with Crippen LogP contribution in [0.15, 0.2) is 23.6 Å². The van der Waals surface area contributed by atoms with Gasteiger partial charge in [-0.15, -0.1) is 11.3 Å². The predicted molar refractivity (Wildman–Crippen MR) is 91.9 cm³/mol. The molecule has 3 heterocycles. The first-order chi connectivity index (χ1) is 11.4. The molecule has 1 aliphatic rings. The summed E-state index contributed by atoms with van der Waals surface area (Å²) in [5, 5.41) is 18.0. The number of aromatic nitrogens is 2. The third-order valence-corrected chi connectivity index (χ3v) is 6.59. The fourth-order valence-electron chi connectivity index (χ4n) is 2.70. The van der Waals surface area contributed by atoms with Crippen LogP contribution < -0.4 is 5.32 Å². The molecule has 2 N–H and O–H groups in total. The zero-order valence-electron chi connectivity index (χ0n) is 13.2. The molecule has 24 heavy (non-hydrogen) atoms. The molecule has 1 fully saturated rings. The zero-order valence-corrected chi connectivity index (χ0v) is 14.8. The van der Waals surface area contributed by atoms with E-state index in [0.29, 0.717) is 6.42 Å². The molecule has 9 heteroatoms. The number of aliphatic hydroxyl groups excluding tert-OH is 1. The van der Waals surface area contributed by atoms with E-state index in [1.165, 1.54) is 11.3 Å². The van der Waals surface area contributed by atoms with Gasteiger partial charge in [0.25, 0.3) is 5.91 Å². The molecule has 1 unspecified atom stereocenters. The van der Waals surface area contributed by atoms with Gasteiger partial charge >= 0.3 is 0 Å². The van der Waals surface area contributed by atoms with Gasteiger partial charge in [0.1, 0.15) is 0 Å². The van der Waals surface area contributed by atoms with Crippen molar-refractivity contribution in [3.8, 4) is 10.6 Å². The Balaban J connectivity index is 1.96. The maximum absolute atomic E-state index is 12.3. The lowest BCUT2D eigenvalue weighted by Crippen LogP contribution is -2.35. The van der Waals surface area contributed by atoms with Crippen LogP contribution in [0, 0.1) is 0 Å². The molecule has 2 aromatic heterocycles. The zero-order chi connectivity index (χ0) is 17.3. The lowest BCUT2D eigenvalue weighted by atomic mass is 10.2. The molecule has 2 atom stereocenters. The van der Waals surface area contributed by atoms with Crippen LogP contribution in [0.2, 0.25) is 0 Å². The summed E-state index contributed by atoms with van der Waals surface area (Å²) >= 11 is 1.51. The summed E-state index contributed by atoms with van der Waals surface area (Å²) in [7, 11) is -3.05. The SMILES string of the molecule is C[C@@H](CO)NC(=O)c1cc(-c2cccs2)n(C2CCS(=O)(=O)C2)n1. The molecular formula is C15H19N3O4S2. The second-order valence-electron chi connectivity index (χ2n) is 5.95. The van der Waals surface area contributed by atoms with E-state index < -0.39 is 9.84 Å². The summed E-state index contributed by atoms with van der Waals surface area (Å²) in [5.41, 5.74) is 0.969. The van der Waals surface area contributed by atoms with E-state index in [4.69, 9.17) is 5.11 Å². The minimum Gasteiger partial charge on any atom is -0.394 e. The van der Waals surface area contributed by atoms with Gasteiger partial charge in [-0.05, 0) is 30.9 Å². The lowest BCUT2D eigenvalue weighted by molar-refractivity contribution is 0.0916. The molecule has 2 aromatic rings. The van der Waals surface area contributed by atoms with Gasteiger partial charge in [0.2, 0.25) is 0 Å². The summed E-state index contributed by atoms with van der Waals surface area (Å²) in [6, 6.07) is 4.86. The van der Waals surface area contributed by atoms with E-state index in [2.05, 4.69) is 10.4 Å². The fourth-order valence-corrected chi connectivity index (χ4v) is 5.13. The highest BCUT2D eigenvalue weighted by atomic mass is 32.2. The molecule has 7 nitrogen and oxygen atoms in total. The third kappa shape index (κ3) is 3.52. The van der Waals surface area contributed by atoms with Gasteiger partial charge < -0.3 is 10.4 Å². The van der Waals surface area contributed by atoms with E-state index >= 15 is 0 Å². The molecule has 0 saturated carbocycles. The van der Waals surface area contributed by atoms with Gasteiger partial charge in [-0.2, -0.15) is 5.10 Å². The summed E-state index contributed by atoms with van der Waals surface area (Å²) < 4.78 is 25.2. The van der Waals surface area contributed by atoms with E-state index in [1.807, 2.05) is 17.5 Å². The maximum atomic E-state index is 12.3. The second-order valence-corrected chi connectivity index (χ2v) is 9.13. The molecule has 1 amide bonds. The van der Waals surface area contributed by atoms with Crippen LogP contribution in [0.1, 0.15) is 29.9 Å². The Labute approximate surface area is 144 Å². The van der Waals surface area contributed by atoms with Crippen LogP contribution in [0.25, 0.3) is 10.6 Å². The van der Waals surface area contributed by atoms with Crippen LogP contribution in [-0.2, 0) is 9.84 Å². The van der Waals surface area contributed by atoms with Gasteiger partial charge in [-0.25, -0.2) is 8.42 Å². The average molecular weight is 369 g/mol. The second kappa shape index (κ2) is 6.66. The van der Waals surface area contributed by atoms with Crippen LogP contribution >= 0.6 is 11.3 Å². The van der Waals surface area contributed by atoms with Gasteiger partial charge in [0.15, 0.2) is 15.5 Å². The Bertz CT molecular complexity index is 827. The molecule has 0 bridgehead atoms. The molecule has 0 radical (unpaired) electrons. The lowest BCUT2D eigenvalue weighted by Gasteiger charge is -2.12. The number of thiophene rings is 1. The number of nitrogens with one attached hydrogen (secondary N) is 1. The van der Waals surface area contributed by atoms with Crippen molar-refractivity contribution in [1.29, 1.82) is 0 Å². The minimum atomic E-state index is -3.05. The molecule has 130 valence electrons. The molecule has 1 aliphatic heterocycles. The Morgan fingerprint density at radius 1 is 1.58 bits per heavy atom. The first kappa shape index (κ1) is 17.1. The number of hydrogen-bond donors (Lipinski definition) is 2. The van der Waals surface area contributed by atoms with Crippen LogP contribution in [0.4, 0.5) is 0 Å². The molecular weight excluding hydrogens is 350 g/mol. The highest BCUT2D eigenvalue weighted by molar-refractivity contribution is 7.91. The number of aliphatic hydroxyl groups is 1. The maximum Gasteiger partial charge on any atom is 0.272 e. The third-order valence-electron chi connectivity index (χ3n) is 3.95. The number of amides is 1. The molecule has 1 saturated heterocycles. The minimum absolute atomic E-state index is 0.0428. The van der Waals surface area contributed by atoms with Crippen molar-refractivity contribution in [3.05, 3.63) is 29.3 Å². The predicted octanol–water partition coefficient (Wildman–Crippen LogP) is 1.08. The monoisotopic (exact) mass is 369 g/mol. The van der Waals surface area contributed by atoms with Crippen LogP contribution in [0.3, 0.4) is 0 Å².